The average Bonchev–Trinajstić information content (AvgIpc) is 2.90. The van der Waals surface area contributed by atoms with E-state index in [4.69, 9.17) is 5.73 Å². The summed E-state index contributed by atoms with van der Waals surface area (Å²) in [4.78, 5) is 0. The van der Waals surface area contributed by atoms with E-state index in [0.717, 1.165) is 12.8 Å². The van der Waals surface area contributed by atoms with Crippen LogP contribution in [0.3, 0.4) is 0 Å². The Bertz CT molecular complexity index is 710. The van der Waals surface area contributed by atoms with Gasteiger partial charge in [-0.05, 0) is 34.7 Å². The number of hydrogen-bond donors (Lipinski definition) is 1. The fourth-order valence-corrected chi connectivity index (χ4v) is 2.65. The number of fused-ring (bicyclic) bond motifs is 1. The van der Waals surface area contributed by atoms with Gasteiger partial charge in [0.2, 0.25) is 0 Å². The summed E-state index contributed by atoms with van der Waals surface area (Å²) in [7, 11) is 1.94. The molecule has 0 radical (unpaired) electrons. The van der Waals surface area contributed by atoms with Gasteiger partial charge in [-0.3, -0.25) is 4.68 Å². The van der Waals surface area contributed by atoms with E-state index in [-0.39, 0.29) is 6.04 Å². The van der Waals surface area contributed by atoms with Crippen LogP contribution in [0.25, 0.3) is 10.8 Å². The monoisotopic (exact) mass is 265 g/mol. The highest BCUT2D eigenvalue weighted by Crippen LogP contribution is 2.25. The highest BCUT2D eigenvalue weighted by molar-refractivity contribution is 5.86. The van der Waals surface area contributed by atoms with Gasteiger partial charge >= 0.3 is 0 Å². The topological polar surface area (TPSA) is 43.8 Å². The number of rotatable bonds is 4. The molecule has 0 amide bonds. The summed E-state index contributed by atoms with van der Waals surface area (Å²) in [6, 6.07) is 14.8. The lowest BCUT2D eigenvalue weighted by atomic mass is 9.95. The second-order valence-corrected chi connectivity index (χ2v) is 5.24. The number of benzene rings is 2. The normalized spacial score (nSPS) is 12.7. The van der Waals surface area contributed by atoms with Crippen LogP contribution in [0.2, 0.25) is 0 Å². The van der Waals surface area contributed by atoms with E-state index in [1.165, 1.54) is 21.9 Å². The molecule has 0 saturated heterocycles. The molecule has 0 spiro atoms. The van der Waals surface area contributed by atoms with Crippen LogP contribution in [0.1, 0.15) is 23.6 Å². The van der Waals surface area contributed by atoms with Crippen molar-refractivity contribution >= 4 is 10.8 Å². The Morgan fingerprint density at radius 2 is 1.95 bits per heavy atom. The van der Waals surface area contributed by atoms with Crippen LogP contribution >= 0.6 is 0 Å². The Balaban J connectivity index is 1.80. The largest absolute Gasteiger partial charge is 0.324 e. The van der Waals surface area contributed by atoms with Crippen molar-refractivity contribution in [1.29, 1.82) is 0 Å². The lowest BCUT2D eigenvalue weighted by molar-refractivity contribution is 0.655. The zero-order valence-electron chi connectivity index (χ0n) is 11.7. The van der Waals surface area contributed by atoms with Gasteiger partial charge in [0.15, 0.2) is 0 Å². The Morgan fingerprint density at radius 1 is 1.15 bits per heavy atom. The Labute approximate surface area is 119 Å². The zero-order valence-corrected chi connectivity index (χ0v) is 11.7. The maximum absolute atomic E-state index is 6.39. The van der Waals surface area contributed by atoms with E-state index in [9.17, 15) is 0 Å². The molecule has 1 unspecified atom stereocenters. The maximum atomic E-state index is 6.39. The van der Waals surface area contributed by atoms with Gasteiger partial charge in [-0.25, -0.2) is 0 Å². The molecule has 0 aliphatic heterocycles. The first kappa shape index (κ1) is 12.9. The van der Waals surface area contributed by atoms with Crippen LogP contribution in [0, 0.1) is 0 Å². The second kappa shape index (κ2) is 5.47. The number of aryl methyl sites for hydroxylation is 2. The highest BCUT2D eigenvalue weighted by atomic mass is 15.2. The number of hydrogen-bond acceptors (Lipinski definition) is 2. The standard InChI is InChI=1S/C17H19N3/c1-20-12-13(11-19-20)9-10-17(18)16-8-4-6-14-5-2-3-7-15(14)16/h2-8,11-12,17H,9-10,18H2,1H3. The molecule has 0 bridgehead atoms. The first-order chi connectivity index (χ1) is 9.74. The number of aromatic nitrogens is 2. The molecule has 1 heterocycles. The molecular formula is C17H19N3. The van der Waals surface area contributed by atoms with Crippen molar-refractivity contribution in [3.05, 3.63) is 66.0 Å². The molecule has 3 rings (SSSR count). The minimum atomic E-state index is 0.0568. The molecule has 3 aromatic rings. The molecule has 1 atom stereocenters. The van der Waals surface area contributed by atoms with Gasteiger partial charge in [0, 0.05) is 19.3 Å². The third-order valence-corrected chi connectivity index (χ3v) is 3.73. The van der Waals surface area contributed by atoms with Crippen LogP contribution in [0.5, 0.6) is 0 Å². The molecule has 2 N–H and O–H groups in total. The molecule has 0 saturated carbocycles. The second-order valence-electron chi connectivity index (χ2n) is 5.24. The Hall–Kier alpha value is -2.13. The summed E-state index contributed by atoms with van der Waals surface area (Å²) < 4.78 is 1.83. The summed E-state index contributed by atoms with van der Waals surface area (Å²) in [6.45, 7) is 0. The Kier molecular flexibility index (Phi) is 3.52. The first-order valence-corrected chi connectivity index (χ1v) is 6.95. The lowest BCUT2D eigenvalue weighted by Gasteiger charge is -2.14. The summed E-state index contributed by atoms with van der Waals surface area (Å²) in [5.41, 5.74) is 8.86. The van der Waals surface area contributed by atoms with Crippen molar-refractivity contribution in [2.45, 2.75) is 18.9 Å². The van der Waals surface area contributed by atoms with Crippen LogP contribution in [0.4, 0.5) is 0 Å². The summed E-state index contributed by atoms with van der Waals surface area (Å²) in [5.74, 6) is 0. The molecule has 20 heavy (non-hydrogen) atoms. The van der Waals surface area contributed by atoms with Crippen molar-refractivity contribution in [3.63, 3.8) is 0 Å². The van der Waals surface area contributed by atoms with Crippen molar-refractivity contribution < 1.29 is 0 Å². The van der Waals surface area contributed by atoms with E-state index in [2.05, 4.69) is 53.8 Å². The lowest BCUT2D eigenvalue weighted by Crippen LogP contribution is -2.11. The quantitative estimate of drug-likeness (QED) is 0.787. The van der Waals surface area contributed by atoms with E-state index in [0.29, 0.717) is 0 Å². The molecule has 3 nitrogen and oxygen atoms in total. The smallest absolute Gasteiger partial charge is 0.0521 e. The molecule has 3 heteroatoms. The third kappa shape index (κ3) is 2.58. The Morgan fingerprint density at radius 3 is 2.75 bits per heavy atom. The van der Waals surface area contributed by atoms with Gasteiger partial charge in [0.25, 0.3) is 0 Å². The molecule has 1 aromatic heterocycles. The fraction of sp³-hybridized carbons (Fsp3) is 0.235. The number of nitrogens with zero attached hydrogens (tertiary/aromatic N) is 2. The fourth-order valence-electron chi connectivity index (χ4n) is 2.65. The predicted molar refractivity (Wildman–Crippen MR) is 82.4 cm³/mol. The van der Waals surface area contributed by atoms with E-state index >= 15 is 0 Å². The van der Waals surface area contributed by atoms with E-state index in [1.54, 1.807) is 0 Å². The van der Waals surface area contributed by atoms with Gasteiger partial charge in [-0.1, -0.05) is 42.5 Å². The zero-order chi connectivity index (χ0) is 13.9. The average molecular weight is 265 g/mol. The molecule has 102 valence electrons. The van der Waals surface area contributed by atoms with Crippen molar-refractivity contribution in [3.8, 4) is 0 Å². The third-order valence-electron chi connectivity index (χ3n) is 3.73. The molecule has 0 fully saturated rings. The van der Waals surface area contributed by atoms with Gasteiger partial charge in [-0.15, -0.1) is 0 Å². The van der Waals surface area contributed by atoms with Crippen LogP contribution < -0.4 is 5.73 Å². The van der Waals surface area contributed by atoms with Gasteiger partial charge in [0.05, 0.1) is 6.20 Å². The van der Waals surface area contributed by atoms with Gasteiger partial charge in [0.1, 0.15) is 0 Å². The van der Waals surface area contributed by atoms with Crippen LogP contribution in [-0.2, 0) is 13.5 Å². The maximum Gasteiger partial charge on any atom is 0.0521 e. The molecule has 0 aliphatic rings. The van der Waals surface area contributed by atoms with Crippen LogP contribution in [0.15, 0.2) is 54.9 Å². The highest BCUT2D eigenvalue weighted by Gasteiger charge is 2.10. The minimum absolute atomic E-state index is 0.0568. The summed E-state index contributed by atoms with van der Waals surface area (Å²) in [6.07, 6.45) is 5.85. The van der Waals surface area contributed by atoms with Gasteiger partial charge in [-0.2, -0.15) is 5.10 Å². The van der Waals surface area contributed by atoms with E-state index < -0.39 is 0 Å². The summed E-state index contributed by atoms with van der Waals surface area (Å²) in [5, 5.41) is 6.70. The van der Waals surface area contributed by atoms with Crippen molar-refractivity contribution in [2.24, 2.45) is 12.8 Å². The predicted octanol–water partition coefficient (Wildman–Crippen LogP) is 3.21. The molecular weight excluding hydrogens is 246 g/mol. The van der Waals surface area contributed by atoms with Crippen molar-refractivity contribution in [1.82, 2.24) is 9.78 Å². The van der Waals surface area contributed by atoms with E-state index in [1.807, 2.05) is 17.9 Å². The molecule has 0 aliphatic carbocycles. The van der Waals surface area contributed by atoms with Crippen molar-refractivity contribution in [2.75, 3.05) is 0 Å². The first-order valence-electron chi connectivity index (χ1n) is 6.95. The number of nitrogens with two attached hydrogens (primary N) is 1. The summed E-state index contributed by atoms with van der Waals surface area (Å²) >= 11 is 0. The minimum Gasteiger partial charge on any atom is -0.324 e. The van der Waals surface area contributed by atoms with Crippen LogP contribution in [-0.4, -0.2) is 9.78 Å². The SMILES string of the molecule is Cn1cc(CCC(N)c2cccc3ccccc23)cn1. The van der Waals surface area contributed by atoms with Gasteiger partial charge < -0.3 is 5.73 Å². The molecule has 2 aromatic carbocycles.